The Morgan fingerprint density at radius 1 is 0.321 bits per heavy atom. The third kappa shape index (κ3) is 50.5. The van der Waals surface area contributed by atoms with Crippen LogP contribution in [0.4, 0.5) is 0 Å². The number of rotatable bonds is 12. The van der Waals surface area contributed by atoms with Gasteiger partial charge in [-0.1, -0.05) is 83.1 Å². The Hall–Kier alpha value is 0.955. The van der Waals surface area contributed by atoms with Crippen molar-refractivity contribution >= 4 is 0 Å². The second-order valence-corrected chi connectivity index (χ2v) is 8.08. The molecule has 0 unspecified atom stereocenters. The van der Waals surface area contributed by atoms with Crippen molar-refractivity contribution in [3.8, 4) is 0 Å². The average molecular weight is 524 g/mol. The monoisotopic (exact) mass is 523 g/mol. The summed E-state index contributed by atoms with van der Waals surface area (Å²) in [7, 11) is 0. The molecule has 0 aromatic heterocycles. The van der Waals surface area contributed by atoms with Crippen LogP contribution in [0.1, 0.15) is 83.1 Å². The van der Waals surface area contributed by atoms with E-state index in [0.717, 1.165) is 0 Å². The topological polar surface area (TPSA) is 84.6 Å². The van der Waals surface area contributed by atoms with Gasteiger partial charge >= 0.3 is 0 Å². The first-order chi connectivity index (χ1) is 12.4. The van der Waals surface area contributed by atoms with E-state index >= 15 is 0 Å². The van der Waals surface area contributed by atoms with Gasteiger partial charge in [0.25, 0.3) is 0 Å². The summed E-state index contributed by atoms with van der Waals surface area (Å²) >= 11 is 0. The fourth-order valence-electron chi connectivity index (χ4n) is 1.12. The second-order valence-electron chi connectivity index (χ2n) is 8.08. The number of hydrogen-bond acceptors (Lipinski definition) is 0. The molecule has 171 valence electrons. The first-order valence-corrected chi connectivity index (χ1v) is 10.4. The molecule has 0 aliphatic carbocycles. The van der Waals surface area contributed by atoms with E-state index in [0.29, 0.717) is 56.3 Å². The van der Waals surface area contributed by atoms with Crippen molar-refractivity contribution < 1.29 is 35.6 Å². The van der Waals surface area contributed by atoms with E-state index < -0.39 is 0 Å². The number of nitrogens with zero attached hydrogens (tertiary/aromatic N) is 6. The molecule has 0 fully saturated rings. The molecule has 0 saturated carbocycles. The Balaban J connectivity index is -0.000000152. The first kappa shape index (κ1) is 36.3. The molecule has 0 aromatic carbocycles. The standard InChI is InChI=1S/3C7H16N2.La/c3*1-6(2)8-5-9-7(3)4;/h3*6-7H,5H2,1-4H3;/q3*-2;. The molecule has 0 aliphatic rings. The van der Waals surface area contributed by atoms with Crippen molar-refractivity contribution in [2.45, 2.75) is 119 Å². The van der Waals surface area contributed by atoms with Crippen molar-refractivity contribution in [1.82, 2.24) is 0 Å². The predicted molar refractivity (Wildman–Crippen MR) is 126 cm³/mol. The largest absolute Gasteiger partial charge is 0.678 e. The van der Waals surface area contributed by atoms with Gasteiger partial charge in [0.05, 0.1) is 0 Å². The molecule has 0 aromatic rings. The summed E-state index contributed by atoms with van der Waals surface area (Å²) in [6.45, 7) is 26.8. The van der Waals surface area contributed by atoms with Gasteiger partial charge in [0.1, 0.15) is 0 Å². The van der Waals surface area contributed by atoms with Gasteiger partial charge in [-0.3, -0.25) is 20.0 Å². The molecule has 7 heteroatoms. The van der Waals surface area contributed by atoms with Crippen molar-refractivity contribution in [2.75, 3.05) is 20.0 Å². The van der Waals surface area contributed by atoms with E-state index in [1.54, 1.807) is 0 Å². The molecule has 0 bridgehead atoms. The van der Waals surface area contributed by atoms with Crippen LogP contribution in [-0.2, 0) is 0 Å². The van der Waals surface area contributed by atoms with Crippen molar-refractivity contribution in [3.63, 3.8) is 0 Å². The number of hydrogen-bond donors (Lipinski definition) is 0. The fourth-order valence-corrected chi connectivity index (χ4v) is 1.12. The van der Waals surface area contributed by atoms with Crippen LogP contribution in [0.25, 0.3) is 31.9 Å². The average Bonchev–Trinajstić information content (AvgIpc) is 2.46. The predicted octanol–water partition coefficient (Wildman–Crippen LogP) is 7.52. The Morgan fingerprint density at radius 3 is 0.500 bits per heavy atom. The van der Waals surface area contributed by atoms with Crippen molar-refractivity contribution in [2.24, 2.45) is 0 Å². The Bertz CT molecular complexity index is 205. The molecule has 0 heterocycles. The van der Waals surface area contributed by atoms with E-state index in [2.05, 4.69) is 115 Å². The molecular weight excluding hydrogens is 475 g/mol. The molecule has 1 radical (unpaired) electrons. The molecule has 0 saturated heterocycles. The van der Waals surface area contributed by atoms with Crippen LogP contribution in [0.5, 0.6) is 0 Å². The second kappa shape index (κ2) is 26.0. The zero-order valence-corrected chi connectivity index (χ0v) is 24.5. The van der Waals surface area contributed by atoms with Gasteiger partial charge in [-0.05, 0) is 0 Å². The Kier molecular flexibility index (Phi) is 33.7. The zero-order valence-electron chi connectivity index (χ0n) is 20.8. The fraction of sp³-hybridized carbons (Fsp3) is 1.00. The summed E-state index contributed by atoms with van der Waals surface area (Å²) in [5.74, 6) is 0. The first-order valence-electron chi connectivity index (χ1n) is 10.4. The minimum absolute atomic E-state index is 0. The Labute approximate surface area is 205 Å². The van der Waals surface area contributed by atoms with E-state index in [1.165, 1.54) is 0 Å². The molecule has 0 N–H and O–H groups in total. The van der Waals surface area contributed by atoms with Gasteiger partial charge in [0.2, 0.25) is 0 Å². The van der Waals surface area contributed by atoms with Crippen LogP contribution in [0.15, 0.2) is 0 Å². The summed E-state index contributed by atoms with van der Waals surface area (Å²) < 4.78 is 0. The van der Waals surface area contributed by atoms with Gasteiger partial charge in [0, 0.05) is 35.6 Å². The summed E-state index contributed by atoms with van der Waals surface area (Å²) in [6, 6.07) is 2.54. The van der Waals surface area contributed by atoms with Crippen LogP contribution < -0.4 is 0 Å². The van der Waals surface area contributed by atoms with Crippen LogP contribution in [0.3, 0.4) is 0 Å². The molecule has 0 spiro atoms. The minimum atomic E-state index is 0. The normalized spacial score (nSPS) is 10.9. The summed E-state index contributed by atoms with van der Waals surface area (Å²) in [5, 5.41) is 25.2. The summed E-state index contributed by atoms with van der Waals surface area (Å²) in [6.07, 6.45) is 0. The van der Waals surface area contributed by atoms with Gasteiger partial charge in [-0.25, -0.2) is 0 Å². The molecular formula is C21H48LaN6-6. The summed E-state index contributed by atoms with van der Waals surface area (Å²) in [4.78, 5) is 0. The molecule has 28 heavy (non-hydrogen) atoms. The minimum Gasteiger partial charge on any atom is -0.678 e. The van der Waals surface area contributed by atoms with Crippen LogP contribution >= 0.6 is 0 Å². The molecule has 6 nitrogen and oxygen atoms in total. The maximum absolute atomic E-state index is 4.20. The van der Waals surface area contributed by atoms with E-state index in [4.69, 9.17) is 0 Å². The Morgan fingerprint density at radius 2 is 0.429 bits per heavy atom. The van der Waals surface area contributed by atoms with E-state index in [1.807, 2.05) is 0 Å². The van der Waals surface area contributed by atoms with Crippen LogP contribution in [-0.4, -0.2) is 56.3 Å². The van der Waals surface area contributed by atoms with Crippen LogP contribution in [0.2, 0.25) is 0 Å². The SMILES string of the molecule is CC(C)[N-]C[N-]C(C)C.CC(C)[N-]C[N-]C(C)C.CC(C)[N-]C[N-]C(C)C.[La]. The smallest absolute Gasteiger partial charge is 0 e. The quantitative estimate of drug-likeness (QED) is 0.253. The van der Waals surface area contributed by atoms with Crippen molar-refractivity contribution in [1.29, 1.82) is 0 Å². The van der Waals surface area contributed by atoms with Crippen LogP contribution in [0, 0.1) is 35.6 Å². The van der Waals surface area contributed by atoms with Gasteiger partial charge in [-0.15, -0.1) is 36.3 Å². The molecule has 0 aliphatic heterocycles. The van der Waals surface area contributed by atoms with E-state index in [-0.39, 0.29) is 35.6 Å². The molecule has 0 atom stereocenters. The van der Waals surface area contributed by atoms with E-state index in [9.17, 15) is 0 Å². The maximum atomic E-state index is 4.20. The third-order valence-corrected chi connectivity index (χ3v) is 2.68. The molecule has 0 rings (SSSR count). The summed E-state index contributed by atoms with van der Waals surface area (Å²) in [5.41, 5.74) is 0. The maximum Gasteiger partial charge on any atom is 0 e. The van der Waals surface area contributed by atoms with Gasteiger partial charge in [-0.2, -0.15) is 0 Å². The van der Waals surface area contributed by atoms with Gasteiger partial charge < -0.3 is 31.9 Å². The zero-order chi connectivity index (χ0) is 21.8. The third-order valence-electron chi connectivity index (χ3n) is 2.68. The van der Waals surface area contributed by atoms with Gasteiger partial charge in [0.15, 0.2) is 0 Å². The molecule has 0 amide bonds. The van der Waals surface area contributed by atoms with Crippen molar-refractivity contribution in [3.05, 3.63) is 31.9 Å².